The highest BCUT2D eigenvalue weighted by Crippen LogP contribution is 2.17. The highest BCUT2D eigenvalue weighted by molar-refractivity contribution is 7.10. The van der Waals surface area contributed by atoms with Crippen LogP contribution in [0.1, 0.15) is 22.9 Å². The number of benzene rings is 1. The number of carbonyl (C=O) groups is 2. The predicted molar refractivity (Wildman–Crippen MR) is 77.6 cm³/mol. The van der Waals surface area contributed by atoms with Gasteiger partial charge in [0.15, 0.2) is 0 Å². The Morgan fingerprint density at radius 2 is 1.90 bits per heavy atom. The molecule has 0 aliphatic rings. The van der Waals surface area contributed by atoms with E-state index in [2.05, 4.69) is 5.32 Å². The first-order valence-electron chi connectivity index (χ1n) is 6.23. The van der Waals surface area contributed by atoms with E-state index in [1.165, 1.54) is 11.3 Å². The van der Waals surface area contributed by atoms with E-state index in [1.807, 2.05) is 47.8 Å². The lowest BCUT2D eigenvalue weighted by molar-refractivity contribution is -0.137. The minimum Gasteiger partial charge on any atom is -0.481 e. The Hall–Kier alpha value is -2.14. The molecule has 1 heterocycles. The number of carboxylic acid groups (broad SMARTS) is 1. The first-order chi connectivity index (χ1) is 9.65. The van der Waals surface area contributed by atoms with Crippen molar-refractivity contribution >= 4 is 23.2 Å². The van der Waals surface area contributed by atoms with Crippen LogP contribution in [0.25, 0.3) is 0 Å². The number of nitrogens with one attached hydrogen (secondary N) is 1. The van der Waals surface area contributed by atoms with Crippen LogP contribution in [0, 0.1) is 0 Å². The van der Waals surface area contributed by atoms with E-state index in [9.17, 15) is 9.59 Å². The monoisotopic (exact) mass is 289 g/mol. The number of carbonyl (C=O) groups excluding carboxylic acids is 1. The molecule has 0 radical (unpaired) electrons. The van der Waals surface area contributed by atoms with Gasteiger partial charge in [-0.2, -0.15) is 0 Å². The van der Waals surface area contributed by atoms with E-state index >= 15 is 0 Å². The summed E-state index contributed by atoms with van der Waals surface area (Å²) in [6.45, 7) is 0. The highest BCUT2D eigenvalue weighted by atomic mass is 32.1. The van der Waals surface area contributed by atoms with Crippen LogP contribution >= 0.6 is 11.3 Å². The summed E-state index contributed by atoms with van der Waals surface area (Å²) in [6, 6.07) is 12.4. The minimum atomic E-state index is -0.935. The van der Waals surface area contributed by atoms with Gasteiger partial charge in [0.1, 0.15) is 0 Å². The van der Waals surface area contributed by atoms with Crippen molar-refractivity contribution < 1.29 is 14.7 Å². The van der Waals surface area contributed by atoms with Gasteiger partial charge in [0.2, 0.25) is 5.91 Å². The molecule has 2 aromatic rings. The molecule has 1 aromatic carbocycles. The topological polar surface area (TPSA) is 66.4 Å². The van der Waals surface area contributed by atoms with Crippen molar-refractivity contribution in [3.63, 3.8) is 0 Å². The van der Waals surface area contributed by atoms with Crippen LogP contribution in [-0.2, 0) is 16.0 Å². The smallest absolute Gasteiger partial charge is 0.305 e. The maximum Gasteiger partial charge on any atom is 0.305 e. The molecule has 0 bridgehead atoms. The zero-order chi connectivity index (χ0) is 14.4. The van der Waals surface area contributed by atoms with Gasteiger partial charge in [-0.25, -0.2) is 0 Å². The molecule has 0 aliphatic carbocycles. The number of rotatable bonds is 6. The average Bonchev–Trinajstić information content (AvgIpc) is 2.91. The van der Waals surface area contributed by atoms with Gasteiger partial charge in [0.05, 0.1) is 18.9 Å². The molecule has 2 N–H and O–H groups in total. The second kappa shape index (κ2) is 6.86. The van der Waals surface area contributed by atoms with E-state index in [0.29, 0.717) is 0 Å². The third kappa shape index (κ3) is 4.20. The Kier molecular flexibility index (Phi) is 4.90. The Bertz CT molecular complexity index is 566. The van der Waals surface area contributed by atoms with Gasteiger partial charge in [0, 0.05) is 4.88 Å². The van der Waals surface area contributed by atoms with Crippen LogP contribution in [0.2, 0.25) is 0 Å². The van der Waals surface area contributed by atoms with Crippen molar-refractivity contribution in [3.8, 4) is 0 Å². The van der Waals surface area contributed by atoms with Crippen LogP contribution in [-0.4, -0.2) is 17.0 Å². The average molecular weight is 289 g/mol. The summed E-state index contributed by atoms with van der Waals surface area (Å²) in [7, 11) is 0. The fourth-order valence-electron chi connectivity index (χ4n) is 1.93. The largest absolute Gasteiger partial charge is 0.481 e. The number of amides is 1. The zero-order valence-corrected chi connectivity index (χ0v) is 11.6. The summed E-state index contributed by atoms with van der Waals surface area (Å²) in [6.07, 6.45) is 0.154. The molecule has 1 aromatic heterocycles. The van der Waals surface area contributed by atoms with Gasteiger partial charge in [-0.05, 0) is 17.0 Å². The molecule has 0 saturated carbocycles. The van der Waals surface area contributed by atoms with Gasteiger partial charge >= 0.3 is 5.97 Å². The third-order valence-corrected chi connectivity index (χ3v) is 3.71. The number of carboxylic acids is 1. The predicted octanol–water partition coefficient (Wildman–Crippen LogP) is 2.62. The maximum atomic E-state index is 12.0. The van der Waals surface area contributed by atoms with Crippen LogP contribution in [0.15, 0.2) is 47.8 Å². The van der Waals surface area contributed by atoms with Gasteiger partial charge in [-0.1, -0.05) is 36.4 Å². The second-order valence-corrected chi connectivity index (χ2v) is 5.42. The molecule has 104 valence electrons. The van der Waals surface area contributed by atoms with E-state index < -0.39 is 12.0 Å². The van der Waals surface area contributed by atoms with Crippen molar-refractivity contribution in [2.45, 2.75) is 18.9 Å². The molecule has 1 amide bonds. The number of thiophene rings is 1. The summed E-state index contributed by atoms with van der Waals surface area (Å²) < 4.78 is 0. The highest BCUT2D eigenvalue weighted by Gasteiger charge is 2.18. The van der Waals surface area contributed by atoms with Crippen molar-refractivity contribution in [2.24, 2.45) is 0 Å². The van der Waals surface area contributed by atoms with Crippen LogP contribution in [0.3, 0.4) is 0 Å². The van der Waals surface area contributed by atoms with Crippen molar-refractivity contribution in [3.05, 3.63) is 58.3 Å². The lowest BCUT2D eigenvalue weighted by Gasteiger charge is -2.17. The molecular weight excluding hydrogens is 274 g/mol. The minimum absolute atomic E-state index is 0.125. The molecule has 0 spiro atoms. The van der Waals surface area contributed by atoms with E-state index in [1.54, 1.807) is 0 Å². The van der Waals surface area contributed by atoms with E-state index in [4.69, 9.17) is 5.11 Å². The fraction of sp³-hybridized carbons (Fsp3) is 0.200. The molecule has 2 rings (SSSR count). The molecule has 0 aliphatic heterocycles. The molecule has 0 fully saturated rings. The zero-order valence-electron chi connectivity index (χ0n) is 10.8. The summed E-state index contributed by atoms with van der Waals surface area (Å²) in [4.78, 5) is 23.9. The van der Waals surface area contributed by atoms with Crippen molar-refractivity contribution in [1.82, 2.24) is 5.32 Å². The summed E-state index contributed by atoms with van der Waals surface area (Å²) in [5.74, 6) is -1.10. The summed E-state index contributed by atoms with van der Waals surface area (Å²) in [5, 5.41) is 13.7. The molecule has 5 heteroatoms. The van der Waals surface area contributed by atoms with Gasteiger partial charge in [0.25, 0.3) is 0 Å². The lowest BCUT2D eigenvalue weighted by Crippen LogP contribution is -2.31. The second-order valence-electron chi connectivity index (χ2n) is 4.38. The lowest BCUT2D eigenvalue weighted by atomic mass is 10.0. The Morgan fingerprint density at radius 3 is 2.50 bits per heavy atom. The summed E-state index contributed by atoms with van der Waals surface area (Å²) >= 11 is 1.51. The first-order valence-corrected chi connectivity index (χ1v) is 7.11. The number of hydrogen-bond acceptors (Lipinski definition) is 3. The van der Waals surface area contributed by atoms with E-state index in [-0.39, 0.29) is 18.7 Å². The van der Waals surface area contributed by atoms with Gasteiger partial charge in [-0.3, -0.25) is 9.59 Å². The molecule has 0 saturated heterocycles. The maximum absolute atomic E-state index is 12.0. The number of aliphatic carboxylic acids is 1. The van der Waals surface area contributed by atoms with Gasteiger partial charge in [-0.15, -0.1) is 11.3 Å². The van der Waals surface area contributed by atoms with Crippen molar-refractivity contribution in [2.75, 3.05) is 0 Å². The Balaban J connectivity index is 2.04. The van der Waals surface area contributed by atoms with Crippen LogP contribution < -0.4 is 5.32 Å². The standard InChI is InChI=1S/C15H15NO3S/c17-14(9-12-7-4-8-20-12)16-13(10-15(18)19)11-5-2-1-3-6-11/h1-8,13H,9-10H2,(H,16,17)(H,18,19)/t13-/m0/s1. The quantitative estimate of drug-likeness (QED) is 0.859. The third-order valence-electron chi connectivity index (χ3n) is 2.83. The van der Waals surface area contributed by atoms with Gasteiger partial charge < -0.3 is 10.4 Å². The Labute approximate surface area is 121 Å². The Morgan fingerprint density at radius 1 is 1.15 bits per heavy atom. The molecule has 4 nitrogen and oxygen atoms in total. The first kappa shape index (κ1) is 14.3. The van der Waals surface area contributed by atoms with Crippen LogP contribution in [0.5, 0.6) is 0 Å². The molecule has 20 heavy (non-hydrogen) atoms. The van der Waals surface area contributed by atoms with Crippen LogP contribution in [0.4, 0.5) is 0 Å². The molecule has 1 atom stereocenters. The summed E-state index contributed by atoms with van der Waals surface area (Å²) in [5.41, 5.74) is 0.800. The number of hydrogen-bond donors (Lipinski definition) is 2. The van der Waals surface area contributed by atoms with Crippen molar-refractivity contribution in [1.29, 1.82) is 0 Å². The molecular formula is C15H15NO3S. The SMILES string of the molecule is O=C(O)C[C@H](NC(=O)Cc1cccs1)c1ccccc1. The fourth-order valence-corrected chi connectivity index (χ4v) is 2.63. The van der Waals surface area contributed by atoms with E-state index in [0.717, 1.165) is 10.4 Å². The normalized spacial score (nSPS) is 11.8. The molecule has 0 unspecified atom stereocenters.